The van der Waals surface area contributed by atoms with Crippen molar-refractivity contribution in [2.45, 2.75) is 32.7 Å². The van der Waals surface area contributed by atoms with Crippen molar-refractivity contribution in [3.05, 3.63) is 96.3 Å². The van der Waals surface area contributed by atoms with E-state index in [1.165, 1.54) is 4.90 Å². The van der Waals surface area contributed by atoms with Crippen LogP contribution in [0.1, 0.15) is 32.8 Å². The molecular formula is C29H30N2O4. The fraction of sp³-hybridized carbons (Fsp3) is 0.241. The van der Waals surface area contributed by atoms with E-state index in [9.17, 15) is 9.59 Å². The Morgan fingerprint density at radius 2 is 1.63 bits per heavy atom. The van der Waals surface area contributed by atoms with E-state index in [4.69, 9.17) is 9.47 Å². The predicted octanol–water partition coefficient (Wildman–Crippen LogP) is 5.88. The van der Waals surface area contributed by atoms with Crippen molar-refractivity contribution in [1.82, 2.24) is 4.90 Å². The lowest BCUT2D eigenvalue weighted by Gasteiger charge is -2.40. The highest BCUT2D eigenvalue weighted by molar-refractivity contribution is 6.21. The number of carbonyl (C=O) groups is 2. The Bertz CT molecular complexity index is 1220. The van der Waals surface area contributed by atoms with Gasteiger partial charge in [0.2, 0.25) is 0 Å². The number of rotatable bonds is 9. The van der Waals surface area contributed by atoms with Gasteiger partial charge in [-0.05, 0) is 50.6 Å². The smallest absolute Gasteiger partial charge is 0.261 e. The van der Waals surface area contributed by atoms with E-state index in [0.717, 1.165) is 17.0 Å². The van der Waals surface area contributed by atoms with Crippen LogP contribution < -0.4 is 10.1 Å². The van der Waals surface area contributed by atoms with Gasteiger partial charge in [-0.3, -0.25) is 14.5 Å². The van der Waals surface area contributed by atoms with Crippen LogP contribution in [0.25, 0.3) is 5.57 Å². The van der Waals surface area contributed by atoms with Crippen molar-refractivity contribution >= 4 is 23.0 Å². The van der Waals surface area contributed by atoms with E-state index in [1.807, 2.05) is 84.9 Å². The minimum atomic E-state index is -1.02. The number of allylic oxidation sites excluding steroid dienone is 1. The summed E-state index contributed by atoms with van der Waals surface area (Å²) < 4.78 is 11.7. The Hall–Kier alpha value is -4.06. The Labute approximate surface area is 206 Å². The van der Waals surface area contributed by atoms with Gasteiger partial charge in [0.1, 0.15) is 17.3 Å². The number of hydrogen-bond donors (Lipinski definition) is 1. The van der Waals surface area contributed by atoms with Crippen molar-refractivity contribution in [2.75, 3.05) is 18.6 Å². The van der Waals surface area contributed by atoms with Gasteiger partial charge in [0, 0.05) is 24.7 Å². The third-order valence-corrected chi connectivity index (χ3v) is 6.13. The zero-order valence-corrected chi connectivity index (χ0v) is 20.3. The fourth-order valence-corrected chi connectivity index (χ4v) is 4.00. The molecule has 4 rings (SSSR count). The molecule has 3 aromatic rings. The highest BCUT2D eigenvalue weighted by Gasteiger charge is 2.41. The lowest BCUT2D eigenvalue weighted by Crippen LogP contribution is -2.55. The van der Waals surface area contributed by atoms with Gasteiger partial charge in [-0.25, -0.2) is 0 Å². The largest absolute Gasteiger partial charge is 0.477 e. The summed E-state index contributed by atoms with van der Waals surface area (Å²) in [5.41, 5.74) is 1.11. The molecular weight excluding hydrogens is 440 g/mol. The van der Waals surface area contributed by atoms with Gasteiger partial charge >= 0.3 is 0 Å². The molecule has 1 N–H and O–H groups in total. The Kier molecular flexibility index (Phi) is 7.20. The number of nitrogens with one attached hydrogen (secondary N) is 1. The van der Waals surface area contributed by atoms with Gasteiger partial charge in [-0.15, -0.1) is 0 Å². The molecule has 0 aromatic heterocycles. The van der Waals surface area contributed by atoms with E-state index in [0.29, 0.717) is 23.6 Å². The summed E-state index contributed by atoms with van der Waals surface area (Å²) >= 11 is 0. The predicted molar refractivity (Wildman–Crippen MR) is 137 cm³/mol. The Morgan fingerprint density at radius 1 is 0.971 bits per heavy atom. The Balaban J connectivity index is 1.37. The molecule has 1 aliphatic rings. The normalized spacial score (nSPS) is 13.9. The number of ether oxygens (including phenoxy) is 2. The van der Waals surface area contributed by atoms with E-state index in [1.54, 1.807) is 20.8 Å². The lowest BCUT2D eigenvalue weighted by atomic mass is 9.92. The van der Waals surface area contributed by atoms with Crippen molar-refractivity contribution in [2.24, 2.45) is 0 Å². The van der Waals surface area contributed by atoms with Crippen LogP contribution in [0.2, 0.25) is 0 Å². The number of ketones is 1. The summed E-state index contributed by atoms with van der Waals surface area (Å²) in [6.07, 6.45) is 0.254. The number of para-hydroxylation sites is 1. The summed E-state index contributed by atoms with van der Waals surface area (Å²) in [7, 11) is 0. The van der Waals surface area contributed by atoms with Crippen LogP contribution >= 0.6 is 0 Å². The van der Waals surface area contributed by atoms with Crippen molar-refractivity contribution < 1.29 is 19.1 Å². The summed E-state index contributed by atoms with van der Waals surface area (Å²) in [6.45, 7) is 5.81. The molecule has 1 amide bonds. The molecule has 180 valence electrons. The Morgan fingerprint density at radius 3 is 2.34 bits per heavy atom. The van der Waals surface area contributed by atoms with Crippen molar-refractivity contribution in [1.29, 1.82) is 0 Å². The first kappa shape index (κ1) is 24.1. The molecule has 0 aliphatic carbocycles. The number of hydrogen-bond acceptors (Lipinski definition) is 5. The van der Waals surface area contributed by atoms with E-state index < -0.39 is 5.54 Å². The van der Waals surface area contributed by atoms with Gasteiger partial charge in [0.15, 0.2) is 12.5 Å². The molecule has 0 fully saturated rings. The topological polar surface area (TPSA) is 67.9 Å². The first-order valence-electron chi connectivity index (χ1n) is 11.7. The summed E-state index contributed by atoms with van der Waals surface area (Å²) in [4.78, 5) is 28.1. The van der Waals surface area contributed by atoms with Crippen LogP contribution in [0.15, 0.2) is 90.7 Å². The maximum absolute atomic E-state index is 13.4. The molecule has 0 atom stereocenters. The average Bonchev–Trinajstić information content (AvgIpc) is 2.85. The monoisotopic (exact) mass is 470 g/mol. The van der Waals surface area contributed by atoms with E-state index in [2.05, 4.69) is 5.32 Å². The highest BCUT2D eigenvalue weighted by atomic mass is 16.5. The van der Waals surface area contributed by atoms with Gasteiger partial charge < -0.3 is 14.8 Å². The van der Waals surface area contributed by atoms with Crippen LogP contribution in [0.4, 0.5) is 5.69 Å². The zero-order chi connectivity index (χ0) is 24.8. The molecule has 6 heteroatoms. The van der Waals surface area contributed by atoms with Crippen LogP contribution in [0.3, 0.4) is 0 Å². The number of anilines is 1. The number of amides is 1. The second-order valence-corrected chi connectivity index (χ2v) is 8.91. The second kappa shape index (κ2) is 10.5. The summed E-state index contributed by atoms with van der Waals surface area (Å²) in [5.74, 6) is 1.79. The van der Waals surface area contributed by atoms with Crippen LogP contribution in [-0.2, 0) is 14.3 Å². The van der Waals surface area contributed by atoms with Crippen LogP contribution in [0, 0.1) is 0 Å². The second-order valence-electron chi connectivity index (χ2n) is 8.91. The van der Waals surface area contributed by atoms with Crippen LogP contribution in [0.5, 0.6) is 11.5 Å². The van der Waals surface area contributed by atoms with Crippen molar-refractivity contribution in [3.63, 3.8) is 0 Å². The average molecular weight is 471 g/mol. The quantitative estimate of drug-likeness (QED) is 0.423. The molecule has 0 unspecified atom stereocenters. The molecule has 1 heterocycles. The minimum absolute atomic E-state index is 0.0477. The molecule has 6 nitrogen and oxygen atoms in total. The van der Waals surface area contributed by atoms with Gasteiger partial charge in [0.05, 0.1) is 11.1 Å². The molecule has 3 aromatic carbocycles. The molecule has 1 aliphatic heterocycles. The summed E-state index contributed by atoms with van der Waals surface area (Å²) in [5, 5.41) is 3.28. The molecule has 0 saturated carbocycles. The molecule has 35 heavy (non-hydrogen) atoms. The minimum Gasteiger partial charge on any atom is -0.477 e. The standard InChI is InChI=1S/C29H30N2O4/c1-21-27(22-11-6-4-7-12-22)28(33)31(20-34-21)29(2,3)26(32)17-18-30-23-13-10-16-25(19-23)35-24-14-8-5-9-15-24/h4-16,19,30H,17-18,20H2,1-3H3. The van der Waals surface area contributed by atoms with Gasteiger partial charge in [0.25, 0.3) is 5.91 Å². The third kappa shape index (κ3) is 5.54. The number of Topliss-reactive ketones (excluding diaryl/α,β-unsaturated/α-hetero) is 1. The lowest BCUT2D eigenvalue weighted by molar-refractivity contribution is -0.148. The number of nitrogens with zero attached hydrogens (tertiary/aromatic N) is 1. The van der Waals surface area contributed by atoms with E-state index >= 15 is 0 Å². The van der Waals surface area contributed by atoms with Gasteiger partial charge in [-0.1, -0.05) is 54.6 Å². The van der Waals surface area contributed by atoms with Gasteiger partial charge in [-0.2, -0.15) is 0 Å². The molecule has 0 bridgehead atoms. The molecule has 0 saturated heterocycles. The maximum atomic E-state index is 13.4. The van der Waals surface area contributed by atoms with E-state index in [-0.39, 0.29) is 24.8 Å². The molecule has 0 radical (unpaired) electrons. The first-order valence-corrected chi connectivity index (χ1v) is 11.7. The fourth-order valence-electron chi connectivity index (χ4n) is 4.00. The van der Waals surface area contributed by atoms with Crippen LogP contribution in [-0.4, -0.2) is 35.4 Å². The van der Waals surface area contributed by atoms with Crippen molar-refractivity contribution in [3.8, 4) is 11.5 Å². The third-order valence-electron chi connectivity index (χ3n) is 6.13. The number of carbonyl (C=O) groups excluding carboxylic acids is 2. The number of benzene rings is 3. The highest BCUT2D eigenvalue weighted by Crippen LogP contribution is 2.31. The molecule has 0 spiro atoms. The zero-order valence-electron chi connectivity index (χ0n) is 20.3. The summed E-state index contributed by atoms with van der Waals surface area (Å²) in [6, 6.07) is 26.6. The first-order chi connectivity index (χ1) is 16.9. The SMILES string of the molecule is CC1=C(c2ccccc2)C(=O)N(C(C)(C)C(=O)CCNc2cccc(Oc3ccccc3)c2)CO1. The maximum Gasteiger partial charge on any atom is 0.261 e.